The quantitative estimate of drug-likeness (QED) is 0.468. The highest BCUT2D eigenvalue weighted by atomic mass is 16.6. The fourth-order valence-corrected chi connectivity index (χ4v) is 1.41. The summed E-state index contributed by atoms with van der Waals surface area (Å²) in [6, 6.07) is 3.09. The number of aromatic nitrogens is 3. The fraction of sp³-hybridized carbons (Fsp3) is 0.182. The van der Waals surface area contributed by atoms with Crippen molar-refractivity contribution in [2.75, 3.05) is 6.61 Å². The Labute approximate surface area is 107 Å². The molecule has 2 aromatic rings. The minimum atomic E-state index is -0.594. The molecule has 0 aromatic carbocycles. The first-order valence-electron chi connectivity index (χ1n) is 5.43. The Bertz CT molecular complexity index is 605. The Hall–Kier alpha value is -2.77. The molecule has 8 heteroatoms. The van der Waals surface area contributed by atoms with E-state index < -0.39 is 10.9 Å². The summed E-state index contributed by atoms with van der Waals surface area (Å²) in [6.45, 7) is 2.00. The summed E-state index contributed by atoms with van der Waals surface area (Å²) < 4.78 is 6.22. The lowest BCUT2D eigenvalue weighted by Gasteiger charge is -2.02. The Balaban J connectivity index is 2.22. The van der Waals surface area contributed by atoms with Crippen LogP contribution < -0.4 is 0 Å². The van der Waals surface area contributed by atoms with E-state index in [4.69, 9.17) is 4.74 Å². The lowest BCUT2D eigenvalue weighted by atomic mass is 10.3. The maximum atomic E-state index is 11.4. The standard InChI is InChI=1S/C11H10N4O4/c1-2-19-11(16)8-3-4-9(12-5-8)14-6-10(13-7-14)15(17)18/h3-7H,2H2,1H3. The molecule has 0 saturated heterocycles. The van der Waals surface area contributed by atoms with E-state index in [2.05, 4.69) is 9.97 Å². The molecule has 8 nitrogen and oxygen atoms in total. The van der Waals surface area contributed by atoms with Crippen molar-refractivity contribution in [3.63, 3.8) is 0 Å². The molecule has 0 unspecified atom stereocenters. The van der Waals surface area contributed by atoms with Gasteiger partial charge in [0.15, 0.2) is 0 Å². The van der Waals surface area contributed by atoms with Gasteiger partial charge in [-0.15, -0.1) is 0 Å². The van der Waals surface area contributed by atoms with Gasteiger partial charge >= 0.3 is 11.8 Å². The number of nitrogens with zero attached hydrogens (tertiary/aromatic N) is 4. The predicted octanol–water partition coefficient (Wildman–Crippen LogP) is 1.35. The highest BCUT2D eigenvalue weighted by Crippen LogP contribution is 2.11. The van der Waals surface area contributed by atoms with E-state index in [0.717, 1.165) is 0 Å². The topological polar surface area (TPSA) is 100 Å². The van der Waals surface area contributed by atoms with Gasteiger partial charge in [-0.1, -0.05) is 0 Å². The lowest BCUT2D eigenvalue weighted by Crippen LogP contribution is -2.05. The van der Waals surface area contributed by atoms with Crippen LogP contribution in [-0.4, -0.2) is 32.0 Å². The van der Waals surface area contributed by atoms with Crippen molar-refractivity contribution in [1.29, 1.82) is 0 Å². The average molecular weight is 262 g/mol. The van der Waals surface area contributed by atoms with Gasteiger partial charge in [-0.2, -0.15) is 0 Å². The number of ether oxygens (including phenoxy) is 1. The van der Waals surface area contributed by atoms with Gasteiger partial charge in [0.2, 0.25) is 6.33 Å². The van der Waals surface area contributed by atoms with Crippen LogP contribution in [0, 0.1) is 10.1 Å². The summed E-state index contributed by atoms with van der Waals surface area (Å²) in [4.78, 5) is 29.0. The van der Waals surface area contributed by atoms with Crippen LogP contribution in [0.5, 0.6) is 0 Å². The molecule has 0 aliphatic carbocycles. The Morgan fingerprint density at radius 2 is 2.26 bits per heavy atom. The number of pyridine rings is 1. The van der Waals surface area contributed by atoms with Gasteiger partial charge in [0.05, 0.1) is 12.2 Å². The third kappa shape index (κ3) is 2.73. The molecule has 2 heterocycles. The lowest BCUT2D eigenvalue weighted by molar-refractivity contribution is -0.389. The van der Waals surface area contributed by atoms with Crippen LogP contribution in [0.2, 0.25) is 0 Å². The molecular formula is C11H10N4O4. The molecule has 0 fully saturated rings. The average Bonchev–Trinajstić information content (AvgIpc) is 2.89. The zero-order valence-corrected chi connectivity index (χ0v) is 10.0. The monoisotopic (exact) mass is 262 g/mol. The Morgan fingerprint density at radius 3 is 2.79 bits per heavy atom. The molecule has 98 valence electrons. The number of nitro groups is 1. The third-order valence-corrected chi connectivity index (χ3v) is 2.28. The van der Waals surface area contributed by atoms with Crippen LogP contribution in [0.1, 0.15) is 17.3 Å². The molecular weight excluding hydrogens is 252 g/mol. The highest BCUT2D eigenvalue weighted by Gasteiger charge is 2.12. The van der Waals surface area contributed by atoms with Gasteiger partial charge in [0.1, 0.15) is 12.0 Å². The molecule has 0 N–H and O–H groups in total. The number of hydrogen-bond acceptors (Lipinski definition) is 6. The molecule has 19 heavy (non-hydrogen) atoms. The summed E-state index contributed by atoms with van der Waals surface area (Å²) in [5.74, 6) is -0.303. The molecule has 0 aliphatic rings. The van der Waals surface area contributed by atoms with Gasteiger partial charge in [-0.25, -0.2) is 9.78 Å². The molecule has 0 amide bonds. The molecule has 0 saturated carbocycles. The molecule has 0 aliphatic heterocycles. The largest absolute Gasteiger partial charge is 0.462 e. The summed E-state index contributed by atoms with van der Waals surface area (Å²) in [7, 11) is 0. The van der Waals surface area contributed by atoms with E-state index in [1.54, 1.807) is 13.0 Å². The molecule has 0 radical (unpaired) electrons. The van der Waals surface area contributed by atoms with Crippen LogP contribution in [-0.2, 0) is 4.74 Å². The van der Waals surface area contributed by atoms with Crippen LogP contribution >= 0.6 is 0 Å². The molecule has 0 atom stereocenters. The minimum Gasteiger partial charge on any atom is -0.462 e. The van der Waals surface area contributed by atoms with E-state index in [1.807, 2.05) is 0 Å². The van der Waals surface area contributed by atoms with Crippen molar-refractivity contribution in [2.45, 2.75) is 6.92 Å². The number of carbonyl (C=O) groups excluding carboxylic acids is 1. The summed E-state index contributed by atoms with van der Waals surface area (Å²) in [5.41, 5.74) is 0.320. The van der Waals surface area contributed by atoms with E-state index in [0.29, 0.717) is 11.4 Å². The zero-order valence-electron chi connectivity index (χ0n) is 10.0. The van der Waals surface area contributed by atoms with Gasteiger partial charge in [0, 0.05) is 6.20 Å². The molecule has 2 rings (SSSR count). The number of imidazole rings is 1. The summed E-state index contributed by atoms with van der Waals surface area (Å²) in [6.07, 6.45) is 3.87. The number of esters is 1. The SMILES string of the molecule is CCOC(=O)c1ccc(-n2cnc([N+](=O)[O-])c2)nc1. The van der Waals surface area contributed by atoms with Crippen molar-refractivity contribution in [1.82, 2.24) is 14.5 Å². The van der Waals surface area contributed by atoms with Crippen LogP contribution in [0.25, 0.3) is 5.82 Å². The van der Waals surface area contributed by atoms with E-state index in [-0.39, 0.29) is 12.4 Å². The van der Waals surface area contributed by atoms with Crippen molar-refractivity contribution in [2.24, 2.45) is 0 Å². The number of hydrogen-bond donors (Lipinski definition) is 0. The minimum absolute atomic E-state index is 0.267. The van der Waals surface area contributed by atoms with Gasteiger partial charge < -0.3 is 14.9 Å². The first-order valence-corrected chi connectivity index (χ1v) is 5.43. The van der Waals surface area contributed by atoms with Gasteiger partial charge in [-0.05, 0) is 29.0 Å². The zero-order chi connectivity index (χ0) is 13.8. The smallest absolute Gasteiger partial charge is 0.381 e. The second-order valence-electron chi connectivity index (χ2n) is 3.52. The highest BCUT2D eigenvalue weighted by molar-refractivity contribution is 5.89. The van der Waals surface area contributed by atoms with Crippen LogP contribution in [0.4, 0.5) is 5.82 Å². The number of rotatable bonds is 4. The first-order chi connectivity index (χ1) is 9.11. The van der Waals surface area contributed by atoms with Crippen LogP contribution in [0.3, 0.4) is 0 Å². The third-order valence-electron chi connectivity index (χ3n) is 2.28. The van der Waals surface area contributed by atoms with Gasteiger partial charge in [-0.3, -0.25) is 4.57 Å². The van der Waals surface area contributed by atoms with Crippen molar-refractivity contribution >= 4 is 11.8 Å². The summed E-state index contributed by atoms with van der Waals surface area (Å²) >= 11 is 0. The fourth-order valence-electron chi connectivity index (χ4n) is 1.41. The summed E-state index contributed by atoms with van der Waals surface area (Å²) in [5, 5.41) is 10.5. The van der Waals surface area contributed by atoms with E-state index >= 15 is 0 Å². The van der Waals surface area contributed by atoms with E-state index in [9.17, 15) is 14.9 Å². The molecule has 0 bridgehead atoms. The molecule has 2 aromatic heterocycles. The Morgan fingerprint density at radius 1 is 1.47 bits per heavy atom. The van der Waals surface area contributed by atoms with Crippen molar-refractivity contribution in [3.8, 4) is 5.82 Å². The first kappa shape index (κ1) is 12.7. The maximum absolute atomic E-state index is 11.4. The normalized spacial score (nSPS) is 10.2. The number of carbonyl (C=O) groups is 1. The van der Waals surface area contributed by atoms with Crippen molar-refractivity contribution < 1.29 is 14.5 Å². The maximum Gasteiger partial charge on any atom is 0.381 e. The van der Waals surface area contributed by atoms with Crippen LogP contribution in [0.15, 0.2) is 30.9 Å². The Kier molecular flexibility index (Phi) is 3.51. The predicted molar refractivity (Wildman–Crippen MR) is 64.0 cm³/mol. The van der Waals surface area contributed by atoms with Gasteiger partial charge in [0.25, 0.3) is 0 Å². The van der Waals surface area contributed by atoms with Crippen molar-refractivity contribution in [3.05, 3.63) is 46.5 Å². The second kappa shape index (κ2) is 5.25. The molecule has 0 spiro atoms. The van der Waals surface area contributed by atoms with E-state index in [1.165, 1.54) is 29.4 Å². The second-order valence-corrected chi connectivity index (χ2v) is 3.52.